The van der Waals surface area contributed by atoms with Crippen molar-refractivity contribution in [3.63, 3.8) is 0 Å². The van der Waals surface area contributed by atoms with E-state index in [1.165, 1.54) is 12.1 Å². The highest BCUT2D eigenvalue weighted by Gasteiger charge is 2.15. The van der Waals surface area contributed by atoms with Crippen LogP contribution in [-0.2, 0) is 4.79 Å². The predicted octanol–water partition coefficient (Wildman–Crippen LogP) is 3.51. The third-order valence-corrected chi connectivity index (χ3v) is 3.04. The number of carbonyl (C=O) groups excluding carboxylic acids is 1. The van der Waals surface area contributed by atoms with Gasteiger partial charge in [-0.05, 0) is 18.6 Å². The van der Waals surface area contributed by atoms with Crippen molar-refractivity contribution in [3.05, 3.63) is 28.0 Å². The molecular formula is C12H13Cl2FN2O3. The van der Waals surface area contributed by atoms with Crippen LogP contribution in [0.2, 0.25) is 10.0 Å². The van der Waals surface area contributed by atoms with E-state index >= 15 is 0 Å². The maximum Gasteiger partial charge on any atom is 0.319 e. The van der Waals surface area contributed by atoms with E-state index in [4.69, 9.17) is 28.3 Å². The molecular weight excluding hydrogens is 310 g/mol. The van der Waals surface area contributed by atoms with Gasteiger partial charge >= 0.3 is 12.0 Å². The first kappa shape index (κ1) is 16.5. The molecule has 1 unspecified atom stereocenters. The van der Waals surface area contributed by atoms with Gasteiger partial charge in [0, 0.05) is 11.7 Å². The third-order valence-electron chi connectivity index (χ3n) is 2.49. The number of urea groups is 1. The monoisotopic (exact) mass is 322 g/mol. The van der Waals surface area contributed by atoms with E-state index in [9.17, 15) is 14.0 Å². The van der Waals surface area contributed by atoms with Crippen LogP contribution >= 0.6 is 23.2 Å². The molecule has 20 heavy (non-hydrogen) atoms. The van der Waals surface area contributed by atoms with Crippen LogP contribution < -0.4 is 10.6 Å². The van der Waals surface area contributed by atoms with Crippen molar-refractivity contribution in [1.29, 1.82) is 0 Å². The Labute approximate surface area is 125 Å². The minimum atomic E-state index is -1.01. The van der Waals surface area contributed by atoms with E-state index in [0.29, 0.717) is 6.42 Å². The molecule has 0 spiro atoms. The van der Waals surface area contributed by atoms with Crippen LogP contribution in [0.3, 0.4) is 0 Å². The Bertz CT molecular complexity index is 502. The Morgan fingerprint density at radius 1 is 1.35 bits per heavy atom. The largest absolute Gasteiger partial charge is 0.481 e. The highest BCUT2D eigenvalue weighted by Crippen LogP contribution is 2.27. The van der Waals surface area contributed by atoms with Crippen molar-refractivity contribution in [1.82, 2.24) is 5.32 Å². The van der Waals surface area contributed by atoms with Crippen LogP contribution in [-0.4, -0.2) is 23.1 Å². The SMILES string of the molecule is CCC(CC(=O)O)NC(=O)Nc1cc(Cl)c(F)c(Cl)c1. The van der Waals surface area contributed by atoms with Crippen LogP contribution in [0, 0.1) is 5.82 Å². The second-order valence-corrected chi connectivity index (χ2v) is 4.87. The molecule has 110 valence electrons. The maximum absolute atomic E-state index is 13.2. The normalized spacial score (nSPS) is 11.8. The number of carboxylic acids is 1. The molecule has 0 bridgehead atoms. The fraction of sp³-hybridized carbons (Fsp3) is 0.333. The van der Waals surface area contributed by atoms with Gasteiger partial charge in [-0.3, -0.25) is 4.79 Å². The molecule has 0 aliphatic heterocycles. The average molecular weight is 323 g/mol. The van der Waals surface area contributed by atoms with Crippen molar-refractivity contribution in [3.8, 4) is 0 Å². The average Bonchev–Trinajstić information content (AvgIpc) is 2.34. The van der Waals surface area contributed by atoms with E-state index < -0.39 is 23.9 Å². The van der Waals surface area contributed by atoms with Gasteiger partial charge in [0.15, 0.2) is 5.82 Å². The van der Waals surface area contributed by atoms with Crippen molar-refractivity contribution >= 4 is 40.9 Å². The second-order valence-electron chi connectivity index (χ2n) is 4.06. The van der Waals surface area contributed by atoms with Gasteiger partial charge in [-0.2, -0.15) is 0 Å². The van der Waals surface area contributed by atoms with Gasteiger partial charge in [-0.25, -0.2) is 9.18 Å². The first-order valence-electron chi connectivity index (χ1n) is 5.77. The quantitative estimate of drug-likeness (QED) is 0.726. The standard InChI is InChI=1S/C12H13Cl2FN2O3/c1-2-6(5-10(18)19)16-12(20)17-7-3-8(13)11(15)9(14)4-7/h3-4,6H,2,5H2,1H3,(H,18,19)(H2,16,17,20). The lowest BCUT2D eigenvalue weighted by Gasteiger charge is -2.15. The fourth-order valence-electron chi connectivity index (χ4n) is 1.49. The zero-order chi connectivity index (χ0) is 15.3. The van der Waals surface area contributed by atoms with Crippen molar-refractivity contribution in [2.24, 2.45) is 0 Å². The lowest BCUT2D eigenvalue weighted by Crippen LogP contribution is -2.38. The van der Waals surface area contributed by atoms with Gasteiger partial charge in [-0.1, -0.05) is 30.1 Å². The number of benzene rings is 1. The van der Waals surface area contributed by atoms with Crippen LogP contribution in [0.4, 0.5) is 14.9 Å². The molecule has 8 heteroatoms. The van der Waals surface area contributed by atoms with Crippen LogP contribution in [0.1, 0.15) is 19.8 Å². The van der Waals surface area contributed by atoms with Gasteiger partial charge in [0.2, 0.25) is 0 Å². The summed E-state index contributed by atoms with van der Waals surface area (Å²) in [4.78, 5) is 22.3. The highest BCUT2D eigenvalue weighted by molar-refractivity contribution is 6.35. The van der Waals surface area contributed by atoms with E-state index in [1.54, 1.807) is 6.92 Å². The number of carbonyl (C=O) groups is 2. The first-order chi connectivity index (χ1) is 9.33. The summed E-state index contributed by atoms with van der Waals surface area (Å²) in [6.07, 6.45) is 0.277. The number of carboxylic acid groups (broad SMARTS) is 1. The molecule has 0 radical (unpaired) electrons. The maximum atomic E-state index is 13.2. The number of rotatable bonds is 5. The first-order valence-corrected chi connectivity index (χ1v) is 6.53. The van der Waals surface area contributed by atoms with Gasteiger partial charge < -0.3 is 15.7 Å². The second kappa shape index (κ2) is 7.31. The van der Waals surface area contributed by atoms with Crippen molar-refractivity contribution in [2.75, 3.05) is 5.32 Å². The van der Waals surface area contributed by atoms with Crippen molar-refractivity contribution < 1.29 is 19.1 Å². The molecule has 1 aromatic carbocycles. The topological polar surface area (TPSA) is 78.4 Å². The lowest BCUT2D eigenvalue weighted by molar-refractivity contribution is -0.137. The molecule has 0 saturated heterocycles. The van der Waals surface area contributed by atoms with Gasteiger partial charge in [-0.15, -0.1) is 0 Å². The van der Waals surface area contributed by atoms with Crippen molar-refractivity contribution in [2.45, 2.75) is 25.8 Å². The van der Waals surface area contributed by atoms with Gasteiger partial charge in [0.1, 0.15) is 0 Å². The minimum absolute atomic E-state index is 0.186. The Hall–Kier alpha value is -1.53. The summed E-state index contributed by atoms with van der Waals surface area (Å²) < 4.78 is 13.2. The smallest absolute Gasteiger partial charge is 0.319 e. The van der Waals surface area contributed by atoms with Crippen LogP contribution in [0.15, 0.2) is 12.1 Å². The number of amides is 2. The summed E-state index contributed by atoms with van der Waals surface area (Å²) in [5, 5.41) is 13.1. The Balaban J connectivity index is 2.68. The van der Waals surface area contributed by atoms with Gasteiger partial charge in [0.05, 0.1) is 16.5 Å². The van der Waals surface area contributed by atoms with E-state index in [0.717, 1.165) is 0 Å². The number of hydrogen-bond donors (Lipinski definition) is 3. The van der Waals surface area contributed by atoms with Gasteiger partial charge in [0.25, 0.3) is 0 Å². The molecule has 3 N–H and O–H groups in total. The molecule has 0 saturated carbocycles. The lowest BCUT2D eigenvalue weighted by atomic mass is 10.1. The number of aliphatic carboxylic acids is 1. The summed E-state index contributed by atoms with van der Waals surface area (Å²) in [5.41, 5.74) is 0.212. The Morgan fingerprint density at radius 2 is 1.90 bits per heavy atom. The molecule has 0 fully saturated rings. The number of halogens is 3. The Kier molecular flexibility index (Phi) is 6.04. The fourth-order valence-corrected chi connectivity index (χ4v) is 1.98. The molecule has 1 rings (SSSR count). The summed E-state index contributed by atoms with van der Waals surface area (Å²) >= 11 is 11.2. The summed E-state index contributed by atoms with van der Waals surface area (Å²) in [5.74, 6) is -1.78. The zero-order valence-corrected chi connectivity index (χ0v) is 12.1. The van der Waals surface area contributed by atoms with E-state index in [-0.39, 0.29) is 22.2 Å². The van der Waals surface area contributed by atoms with Crippen LogP contribution in [0.25, 0.3) is 0 Å². The molecule has 0 aliphatic rings. The molecule has 5 nitrogen and oxygen atoms in total. The predicted molar refractivity (Wildman–Crippen MR) is 74.9 cm³/mol. The number of nitrogens with one attached hydrogen (secondary N) is 2. The molecule has 1 atom stereocenters. The van der Waals surface area contributed by atoms with E-state index in [2.05, 4.69) is 10.6 Å². The molecule has 0 aromatic heterocycles. The molecule has 1 aromatic rings. The minimum Gasteiger partial charge on any atom is -0.481 e. The zero-order valence-electron chi connectivity index (χ0n) is 10.5. The highest BCUT2D eigenvalue weighted by atomic mass is 35.5. The van der Waals surface area contributed by atoms with Crippen LogP contribution in [0.5, 0.6) is 0 Å². The number of hydrogen-bond acceptors (Lipinski definition) is 2. The molecule has 0 heterocycles. The molecule has 2 amide bonds. The molecule has 0 aliphatic carbocycles. The summed E-state index contributed by atoms with van der Waals surface area (Å²) in [6.45, 7) is 1.75. The number of anilines is 1. The summed E-state index contributed by atoms with van der Waals surface area (Å²) in [6, 6.07) is 1.30. The summed E-state index contributed by atoms with van der Waals surface area (Å²) in [7, 11) is 0. The van der Waals surface area contributed by atoms with E-state index in [1.807, 2.05) is 0 Å². The third kappa shape index (κ3) is 4.86. The Morgan fingerprint density at radius 3 is 2.35 bits per heavy atom.